The van der Waals surface area contributed by atoms with Gasteiger partial charge in [0, 0.05) is 11.6 Å². The summed E-state index contributed by atoms with van der Waals surface area (Å²) in [4.78, 5) is 12.5. The molecule has 2 heteroatoms. The van der Waals surface area contributed by atoms with Crippen molar-refractivity contribution in [3.63, 3.8) is 0 Å². The van der Waals surface area contributed by atoms with Gasteiger partial charge >= 0.3 is 0 Å². The molecule has 100 valence electrons. The number of rotatable bonds is 2. The van der Waals surface area contributed by atoms with Crippen LogP contribution < -0.4 is 5.32 Å². The van der Waals surface area contributed by atoms with E-state index in [-0.39, 0.29) is 5.91 Å². The van der Waals surface area contributed by atoms with Gasteiger partial charge in [0.05, 0.1) is 0 Å². The molecule has 4 rings (SSSR count). The minimum Gasteiger partial charge on any atom is -0.326 e. The Morgan fingerprint density at radius 3 is 2.53 bits per heavy atom. The van der Waals surface area contributed by atoms with E-state index in [0.717, 1.165) is 34.9 Å². The molecular weight excluding hydrogens is 234 g/mol. The molecule has 0 saturated heterocycles. The van der Waals surface area contributed by atoms with Gasteiger partial charge in [-0.2, -0.15) is 0 Å². The summed E-state index contributed by atoms with van der Waals surface area (Å²) in [6.45, 7) is 4.13. The SMILES string of the molecule is Cc1ccc(C)c(NC(=O)C2[C@@H]3[C@H]4CC[C@@H](C4)[C@H]23)c1. The number of hydrogen-bond acceptors (Lipinski definition) is 1. The molecule has 1 N–H and O–H groups in total. The molecule has 1 amide bonds. The van der Waals surface area contributed by atoms with Crippen molar-refractivity contribution in [2.45, 2.75) is 33.1 Å². The zero-order chi connectivity index (χ0) is 13.1. The number of nitrogens with one attached hydrogen (secondary N) is 1. The van der Waals surface area contributed by atoms with Crippen molar-refractivity contribution in [1.29, 1.82) is 0 Å². The van der Waals surface area contributed by atoms with Crippen LogP contribution in [0.3, 0.4) is 0 Å². The first-order chi connectivity index (χ1) is 9.15. The fourth-order valence-corrected chi connectivity index (χ4v) is 4.76. The molecule has 3 fully saturated rings. The molecule has 2 bridgehead atoms. The molecule has 0 spiro atoms. The molecule has 1 aromatic rings. The summed E-state index contributed by atoms with van der Waals surface area (Å²) in [7, 11) is 0. The van der Waals surface area contributed by atoms with Gasteiger partial charge < -0.3 is 5.32 Å². The monoisotopic (exact) mass is 255 g/mol. The topological polar surface area (TPSA) is 29.1 Å². The van der Waals surface area contributed by atoms with Crippen LogP contribution in [-0.2, 0) is 4.79 Å². The van der Waals surface area contributed by atoms with Gasteiger partial charge in [0.1, 0.15) is 0 Å². The highest BCUT2D eigenvalue weighted by molar-refractivity contribution is 5.95. The van der Waals surface area contributed by atoms with Crippen molar-refractivity contribution in [3.05, 3.63) is 29.3 Å². The van der Waals surface area contributed by atoms with Crippen LogP contribution in [0.2, 0.25) is 0 Å². The number of amides is 1. The molecule has 5 atom stereocenters. The van der Waals surface area contributed by atoms with Crippen LogP contribution in [0.4, 0.5) is 5.69 Å². The van der Waals surface area contributed by atoms with E-state index in [0.29, 0.717) is 5.92 Å². The predicted octanol–water partition coefficient (Wildman–Crippen LogP) is 3.53. The molecule has 1 aromatic carbocycles. The average Bonchev–Trinajstić information content (AvgIpc) is 2.83. The number of hydrogen-bond donors (Lipinski definition) is 1. The number of fused-ring (bicyclic) bond motifs is 5. The van der Waals surface area contributed by atoms with Gasteiger partial charge in [-0.25, -0.2) is 0 Å². The van der Waals surface area contributed by atoms with Crippen LogP contribution in [0.15, 0.2) is 18.2 Å². The Labute approximate surface area is 114 Å². The maximum absolute atomic E-state index is 12.5. The number of anilines is 1. The lowest BCUT2D eigenvalue weighted by Crippen LogP contribution is -2.19. The Morgan fingerprint density at radius 2 is 1.84 bits per heavy atom. The first-order valence-corrected chi connectivity index (χ1v) is 7.53. The second-order valence-electron chi connectivity index (χ2n) is 6.82. The van der Waals surface area contributed by atoms with E-state index in [1.165, 1.54) is 24.8 Å². The minimum atomic E-state index is 0.278. The van der Waals surface area contributed by atoms with Crippen LogP contribution in [0.5, 0.6) is 0 Å². The molecule has 0 aliphatic heterocycles. The Balaban J connectivity index is 1.50. The maximum Gasteiger partial charge on any atom is 0.228 e. The van der Waals surface area contributed by atoms with Crippen molar-refractivity contribution in [3.8, 4) is 0 Å². The molecule has 0 heterocycles. The first-order valence-electron chi connectivity index (χ1n) is 7.53. The van der Waals surface area contributed by atoms with Crippen molar-refractivity contribution >= 4 is 11.6 Å². The summed E-state index contributed by atoms with van der Waals surface area (Å²) in [6.07, 6.45) is 4.15. The third kappa shape index (κ3) is 1.65. The van der Waals surface area contributed by atoms with Gasteiger partial charge in [-0.05, 0) is 74.0 Å². The molecule has 0 radical (unpaired) electrons. The molecule has 3 aliphatic rings. The first kappa shape index (κ1) is 11.5. The van der Waals surface area contributed by atoms with Gasteiger partial charge in [0.25, 0.3) is 0 Å². The number of carbonyl (C=O) groups excluding carboxylic acids is 1. The van der Waals surface area contributed by atoms with Gasteiger partial charge in [0.15, 0.2) is 0 Å². The van der Waals surface area contributed by atoms with E-state index in [1.807, 2.05) is 0 Å². The van der Waals surface area contributed by atoms with Crippen molar-refractivity contribution < 1.29 is 4.79 Å². The van der Waals surface area contributed by atoms with E-state index in [2.05, 4.69) is 37.4 Å². The lowest BCUT2D eigenvalue weighted by atomic mass is 10.0. The quantitative estimate of drug-likeness (QED) is 0.860. The third-order valence-corrected chi connectivity index (χ3v) is 5.69. The van der Waals surface area contributed by atoms with Gasteiger partial charge in [-0.15, -0.1) is 0 Å². The lowest BCUT2D eigenvalue weighted by Gasteiger charge is -2.12. The fourth-order valence-electron chi connectivity index (χ4n) is 4.76. The van der Waals surface area contributed by atoms with Crippen LogP contribution in [0.25, 0.3) is 0 Å². The number of benzene rings is 1. The van der Waals surface area contributed by atoms with Crippen molar-refractivity contribution in [2.75, 3.05) is 5.32 Å². The predicted molar refractivity (Wildman–Crippen MR) is 75.8 cm³/mol. The summed E-state index contributed by atoms with van der Waals surface area (Å²) in [6, 6.07) is 6.26. The Kier molecular flexibility index (Phi) is 2.33. The Hall–Kier alpha value is -1.31. The summed E-state index contributed by atoms with van der Waals surface area (Å²) in [5.41, 5.74) is 3.37. The van der Waals surface area contributed by atoms with Gasteiger partial charge in [-0.1, -0.05) is 12.1 Å². The second-order valence-corrected chi connectivity index (χ2v) is 6.82. The number of carbonyl (C=O) groups is 1. The van der Waals surface area contributed by atoms with E-state index in [9.17, 15) is 4.79 Å². The van der Waals surface area contributed by atoms with E-state index in [1.54, 1.807) is 0 Å². The highest BCUT2D eigenvalue weighted by atomic mass is 16.2. The van der Waals surface area contributed by atoms with Gasteiger partial charge in [-0.3, -0.25) is 4.79 Å². The van der Waals surface area contributed by atoms with Crippen molar-refractivity contribution in [1.82, 2.24) is 0 Å². The molecule has 2 nitrogen and oxygen atoms in total. The summed E-state index contributed by atoms with van der Waals surface area (Å²) in [5.74, 6) is 3.79. The van der Waals surface area contributed by atoms with E-state index < -0.39 is 0 Å². The molecular formula is C17H21NO. The zero-order valence-electron chi connectivity index (χ0n) is 11.6. The van der Waals surface area contributed by atoms with E-state index >= 15 is 0 Å². The van der Waals surface area contributed by atoms with E-state index in [4.69, 9.17) is 0 Å². The normalized spacial score (nSPS) is 38.1. The minimum absolute atomic E-state index is 0.278. The molecule has 3 saturated carbocycles. The zero-order valence-corrected chi connectivity index (χ0v) is 11.6. The van der Waals surface area contributed by atoms with Crippen molar-refractivity contribution in [2.24, 2.45) is 29.6 Å². The van der Waals surface area contributed by atoms with Crippen LogP contribution in [-0.4, -0.2) is 5.91 Å². The smallest absolute Gasteiger partial charge is 0.228 e. The molecule has 1 unspecified atom stereocenters. The Bertz CT molecular complexity index is 534. The fraction of sp³-hybridized carbons (Fsp3) is 0.588. The summed E-state index contributed by atoms with van der Waals surface area (Å²) in [5, 5.41) is 3.17. The highest BCUT2D eigenvalue weighted by Crippen LogP contribution is 2.69. The number of aryl methyl sites for hydroxylation is 2. The third-order valence-electron chi connectivity index (χ3n) is 5.69. The van der Waals surface area contributed by atoms with Crippen LogP contribution in [0, 0.1) is 43.4 Å². The molecule has 0 aromatic heterocycles. The molecule has 19 heavy (non-hydrogen) atoms. The second kappa shape index (κ2) is 3.84. The largest absolute Gasteiger partial charge is 0.326 e. The standard InChI is InChI=1S/C17H21NO/c1-9-3-4-10(2)13(7-9)18-17(19)16-14-11-5-6-12(8-11)15(14)16/h3-4,7,11-12,14-16H,5-6,8H2,1-2H3,(H,18,19)/t11-,12-,14-,15+,16?/m0/s1. The summed E-state index contributed by atoms with van der Waals surface area (Å²) < 4.78 is 0. The van der Waals surface area contributed by atoms with Gasteiger partial charge in [0.2, 0.25) is 5.91 Å². The summed E-state index contributed by atoms with van der Waals surface area (Å²) >= 11 is 0. The average molecular weight is 255 g/mol. The van der Waals surface area contributed by atoms with Crippen LogP contribution in [0.1, 0.15) is 30.4 Å². The lowest BCUT2D eigenvalue weighted by molar-refractivity contribution is -0.118. The van der Waals surface area contributed by atoms with Crippen LogP contribution >= 0.6 is 0 Å². The Morgan fingerprint density at radius 1 is 1.16 bits per heavy atom. The highest BCUT2D eigenvalue weighted by Gasteiger charge is 2.67. The molecule has 3 aliphatic carbocycles. The maximum atomic E-state index is 12.5.